The van der Waals surface area contributed by atoms with Gasteiger partial charge in [0.25, 0.3) is 5.91 Å². The highest BCUT2D eigenvalue weighted by Crippen LogP contribution is 2.21. The Bertz CT molecular complexity index is 1150. The molecule has 1 aliphatic rings. The predicted molar refractivity (Wildman–Crippen MR) is 138 cm³/mol. The van der Waals surface area contributed by atoms with Gasteiger partial charge in [-0.3, -0.25) is 9.59 Å². The summed E-state index contributed by atoms with van der Waals surface area (Å²) in [5, 5.41) is 3.72. The normalized spacial score (nSPS) is 14.3. The Balaban J connectivity index is 1.60. The highest BCUT2D eigenvalue weighted by Gasteiger charge is 2.32. The van der Waals surface area contributed by atoms with Crippen LogP contribution in [0.3, 0.4) is 0 Å². The molecule has 4 rings (SSSR count). The summed E-state index contributed by atoms with van der Waals surface area (Å²) < 4.78 is 18.9. The number of hydrogen-bond donors (Lipinski definition) is 1. The summed E-state index contributed by atoms with van der Waals surface area (Å²) in [6, 6.07) is 21.8. The summed E-state index contributed by atoms with van der Waals surface area (Å²) in [6.07, 6.45) is 4.43. The first kappa shape index (κ1) is 25.7. The molecule has 1 aliphatic carbocycles. The number of carbonyl (C=O) groups excluding carboxylic acids is 2. The summed E-state index contributed by atoms with van der Waals surface area (Å²) in [5.41, 5.74) is 1.76. The number of nitrogens with one attached hydrogen (secondary N) is 1. The van der Waals surface area contributed by atoms with Gasteiger partial charge in [-0.2, -0.15) is 0 Å². The average molecular weight is 509 g/mol. The molecule has 36 heavy (non-hydrogen) atoms. The first-order valence-electron chi connectivity index (χ1n) is 12.2. The Kier molecular flexibility index (Phi) is 8.95. The molecule has 1 atom stereocenters. The summed E-state index contributed by atoms with van der Waals surface area (Å²) in [6.45, 7) is -0.0873. The Hall–Kier alpha value is -3.38. The van der Waals surface area contributed by atoms with Gasteiger partial charge in [0.1, 0.15) is 17.6 Å². The van der Waals surface area contributed by atoms with Crippen molar-refractivity contribution in [3.63, 3.8) is 0 Å². The Morgan fingerprint density at radius 1 is 0.972 bits per heavy atom. The molecule has 3 aromatic rings. The van der Waals surface area contributed by atoms with E-state index >= 15 is 0 Å². The van der Waals surface area contributed by atoms with Gasteiger partial charge in [-0.05, 0) is 60.4 Å². The minimum atomic E-state index is -0.740. The molecule has 188 valence electrons. The summed E-state index contributed by atoms with van der Waals surface area (Å²) in [7, 11) is 0. The van der Waals surface area contributed by atoms with Crippen LogP contribution in [0.4, 0.5) is 4.39 Å². The lowest BCUT2D eigenvalue weighted by atomic mass is 10.0. The maximum Gasteiger partial charge on any atom is 0.261 e. The van der Waals surface area contributed by atoms with Gasteiger partial charge < -0.3 is 15.0 Å². The van der Waals surface area contributed by atoms with Crippen LogP contribution < -0.4 is 10.1 Å². The van der Waals surface area contributed by atoms with E-state index in [0.717, 1.165) is 36.8 Å². The van der Waals surface area contributed by atoms with E-state index in [4.69, 9.17) is 16.3 Å². The molecule has 0 radical (unpaired) electrons. The number of nitrogens with zero attached hydrogens (tertiary/aromatic N) is 1. The Labute approximate surface area is 216 Å². The minimum Gasteiger partial charge on any atom is -0.484 e. The van der Waals surface area contributed by atoms with Crippen LogP contribution in [0.25, 0.3) is 0 Å². The molecule has 0 aromatic heterocycles. The second-order valence-electron chi connectivity index (χ2n) is 9.09. The lowest BCUT2D eigenvalue weighted by Crippen LogP contribution is -2.53. The van der Waals surface area contributed by atoms with Crippen molar-refractivity contribution in [2.75, 3.05) is 6.61 Å². The maximum atomic E-state index is 13.6. The number of hydrogen-bond acceptors (Lipinski definition) is 3. The van der Waals surface area contributed by atoms with Crippen LogP contribution in [-0.4, -0.2) is 35.4 Å². The lowest BCUT2D eigenvalue weighted by molar-refractivity contribution is -0.143. The van der Waals surface area contributed by atoms with Crippen LogP contribution in [0.5, 0.6) is 5.75 Å². The zero-order valence-corrected chi connectivity index (χ0v) is 20.8. The second kappa shape index (κ2) is 12.5. The van der Waals surface area contributed by atoms with Gasteiger partial charge >= 0.3 is 0 Å². The number of rotatable bonds is 10. The standard InChI is InChI=1S/C29H30ClFN2O3/c30-23-10-6-9-22(17-23)19-33(28(34)20-36-26-15-13-24(31)14-16-26)27(18-21-7-2-1-3-8-21)29(35)32-25-11-4-5-12-25/h1-3,6-10,13-17,25,27H,4-5,11-12,18-20H2,(H,32,35)/t27-/m1/s1. The van der Waals surface area contributed by atoms with E-state index in [9.17, 15) is 14.0 Å². The smallest absolute Gasteiger partial charge is 0.261 e. The molecule has 3 aromatic carbocycles. The van der Waals surface area contributed by atoms with Crippen molar-refractivity contribution in [3.8, 4) is 5.75 Å². The first-order valence-corrected chi connectivity index (χ1v) is 12.6. The van der Waals surface area contributed by atoms with Gasteiger partial charge in [0.2, 0.25) is 5.91 Å². The van der Waals surface area contributed by atoms with E-state index < -0.39 is 6.04 Å². The van der Waals surface area contributed by atoms with E-state index in [1.807, 2.05) is 42.5 Å². The zero-order chi connectivity index (χ0) is 25.3. The molecule has 0 saturated heterocycles. The fourth-order valence-corrected chi connectivity index (χ4v) is 4.73. The molecular formula is C29H30ClFN2O3. The topological polar surface area (TPSA) is 58.6 Å². The van der Waals surface area contributed by atoms with Gasteiger partial charge in [0, 0.05) is 24.0 Å². The van der Waals surface area contributed by atoms with Crippen LogP contribution in [0.2, 0.25) is 5.02 Å². The number of carbonyl (C=O) groups is 2. The fraction of sp³-hybridized carbons (Fsp3) is 0.310. The predicted octanol–water partition coefficient (Wildman–Crippen LogP) is 5.56. The van der Waals surface area contributed by atoms with Crippen molar-refractivity contribution in [2.45, 2.75) is 50.7 Å². The molecule has 7 heteroatoms. The molecule has 0 heterocycles. The molecule has 0 spiro atoms. The maximum absolute atomic E-state index is 13.6. The summed E-state index contributed by atoms with van der Waals surface area (Å²) in [5.74, 6) is -0.532. The van der Waals surface area contributed by atoms with Crippen molar-refractivity contribution >= 4 is 23.4 Å². The highest BCUT2D eigenvalue weighted by atomic mass is 35.5. The van der Waals surface area contributed by atoms with E-state index in [1.165, 1.54) is 24.3 Å². The van der Waals surface area contributed by atoms with Crippen molar-refractivity contribution in [2.24, 2.45) is 0 Å². The van der Waals surface area contributed by atoms with Crippen LogP contribution in [-0.2, 0) is 22.6 Å². The van der Waals surface area contributed by atoms with Crippen LogP contribution >= 0.6 is 11.6 Å². The Morgan fingerprint density at radius 2 is 1.67 bits per heavy atom. The molecule has 5 nitrogen and oxygen atoms in total. The van der Waals surface area contributed by atoms with Gasteiger partial charge in [0.15, 0.2) is 6.61 Å². The number of ether oxygens (including phenoxy) is 1. The Morgan fingerprint density at radius 3 is 2.36 bits per heavy atom. The number of amides is 2. The monoisotopic (exact) mass is 508 g/mol. The third-order valence-electron chi connectivity index (χ3n) is 6.39. The molecule has 0 unspecified atom stereocenters. The number of benzene rings is 3. The molecule has 0 bridgehead atoms. The van der Waals surface area contributed by atoms with Crippen LogP contribution in [0.15, 0.2) is 78.9 Å². The van der Waals surface area contributed by atoms with Crippen molar-refractivity contribution in [3.05, 3.63) is 101 Å². The van der Waals surface area contributed by atoms with Crippen LogP contribution in [0, 0.1) is 5.82 Å². The van der Waals surface area contributed by atoms with E-state index in [-0.39, 0.29) is 36.8 Å². The highest BCUT2D eigenvalue weighted by molar-refractivity contribution is 6.30. The van der Waals surface area contributed by atoms with Gasteiger partial charge in [-0.15, -0.1) is 0 Å². The second-order valence-corrected chi connectivity index (χ2v) is 9.53. The van der Waals surface area contributed by atoms with Gasteiger partial charge in [0.05, 0.1) is 0 Å². The van der Waals surface area contributed by atoms with Crippen LogP contribution in [0.1, 0.15) is 36.8 Å². The molecule has 0 aliphatic heterocycles. The van der Waals surface area contributed by atoms with Crippen molar-refractivity contribution in [1.82, 2.24) is 10.2 Å². The first-order chi connectivity index (χ1) is 17.5. The fourth-order valence-electron chi connectivity index (χ4n) is 4.51. The van der Waals surface area contributed by atoms with Gasteiger partial charge in [-0.25, -0.2) is 4.39 Å². The SMILES string of the molecule is O=C(NC1CCCC1)[C@@H](Cc1ccccc1)N(Cc1cccc(Cl)c1)C(=O)COc1ccc(F)cc1. The largest absolute Gasteiger partial charge is 0.484 e. The van der Waals surface area contributed by atoms with E-state index in [0.29, 0.717) is 17.2 Å². The zero-order valence-electron chi connectivity index (χ0n) is 20.0. The quantitative estimate of drug-likeness (QED) is 0.390. The molecule has 2 amide bonds. The average Bonchev–Trinajstić information content (AvgIpc) is 3.39. The lowest BCUT2D eigenvalue weighted by Gasteiger charge is -2.32. The third kappa shape index (κ3) is 7.31. The van der Waals surface area contributed by atoms with Crippen molar-refractivity contribution in [1.29, 1.82) is 0 Å². The summed E-state index contributed by atoms with van der Waals surface area (Å²) in [4.78, 5) is 28.7. The molecule has 1 fully saturated rings. The molecule has 1 N–H and O–H groups in total. The summed E-state index contributed by atoms with van der Waals surface area (Å²) >= 11 is 6.21. The number of halogens is 2. The molecular weight excluding hydrogens is 479 g/mol. The molecule has 1 saturated carbocycles. The van der Waals surface area contributed by atoms with Gasteiger partial charge in [-0.1, -0.05) is 66.9 Å². The van der Waals surface area contributed by atoms with E-state index in [1.54, 1.807) is 17.0 Å². The van der Waals surface area contributed by atoms with E-state index in [2.05, 4.69) is 5.32 Å². The third-order valence-corrected chi connectivity index (χ3v) is 6.63. The van der Waals surface area contributed by atoms with Crippen molar-refractivity contribution < 1.29 is 18.7 Å². The minimum absolute atomic E-state index is 0.120.